The van der Waals surface area contributed by atoms with Crippen LogP contribution in [0, 0.1) is 5.92 Å². The van der Waals surface area contributed by atoms with E-state index in [1.165, 1.54) is 30.3 Å². The van der Waals surface area contributed by atoms with Crippen molar-refractivity contribution < 1.29 is 23.1 Å². The molecular formula is C23H30ClN3O5S. The maximum atomic E-state index is 13.4. The zero-order valence-electron chi connectivity index (χ0n) is 19.2. The molecule has 0 saturated carbocycles. The first kappa shape index (κ1) is 25.3. The number of benzene rings is 2. The monoisotopic (exact) mass is 495 g/mol. The molecule has 0 aromatic heterocycles. The van der Waals surface area contributed by atoms with E-state index in [1.54, 1.807) is 24.0 Å². The Hall–Kier alpha value is -2.33. The molecule has 0 spiro atoms. The van der Waals surface area contributed by atoms with Crippen LogP contribution in [0.15, 0.2) is 47.4 Å². The van der Waals surface area contributed by atoms with E-state index in [2.05, 4.69) is 4.72 Å². The summed E-state index contributed by atoms with van der Waals surface area (Å²) in [5, 5.41) is 10.2. The van der Waals surface area contributed by atoms with E-state index < -0.39 is 16.1 Å². The smallest absolute Gasteiger partial charge is 0.261 e. The summed E-state index contributed by atoms with van der Waals surface area (Å²) in [4.78, 5) is 17.1. The highest BCUT2D eigenvalue weighted by Crippen LogP contribution is 2.31. The summed E-state index contributed by atoms with van der Waals surface area (Å²) in [5.41, 5.74) is 0.470. The molecule has 0 fully saturated rings. The number of nitrogens with one attached hydrogen (secondary N) is 1. The van der Waals surface area contributed by atoms with Crippen molar-refractivity contribution in [3.05, 3.63) is 53.1 Å². The molecule has 1 aliphatic heterocycles. The predicted octanol–water partition coefficient (Wildman–Crippen LogP) is 2.92. The Morgan fingerprint density at radius 3 is 2.52 bits per heavy atom. The quantitative estimate of drug-likeness (QED) is 0.612. The fourth-order valence-electron chi connectivity index (χ4n) is 3.69. The van der Waals surface area contributed by atoms with E-state index in [0.717, 1.165) is 0 Å². The van der Waals surface area contributed by atoms with Gasteiger partial charge < -0.3 is 19.6 Å². The largest absolute Gasteiger partial charge is 0.488 e. The highest BCUT2D eigenvalue weighted by atomic mass is 35.5. The highest BCUT2D eigenvalue weighted by Gasteiger charge is 2.33. The van der Waals surface area contributed by atoms with Gasteiger partial charge in [-0.15, -0.1) is 0 Å². The lowest BCUT2D eigenvalue weighted by molar-refractivity contribution is 0.0363. The zero-order chi connectivity index (χ0) is 24.3. The van der Waals surface area contributed by atoms with Crippen molar-refractivity contribution in [2.24, 2.45) is 5.92 Å². The van der Waals surface area contributed by atoms with Crippen LogP contribution in [0.2, 0.25) is 5.02 Å². The molecule has 0 aliphatic carbocycles. The van der Waals surface area contributed by atoms with E-state index in [1.807, 2.05) is 25.9 Å². The minimum Gasteiger partial charge on any atom is -0.488 e. The third kappa shape index (κ3) is 5.97. The highest BCUT2D eigenvalue weighted by molar-refractivity contribution is 7.92. The maximum Gasteiger partial charge on any atom is 0.261 e. The second-order valence-corrected chi connectivity index (χ2v) is 10.8. The normalized spacial score (nSPS) is 20.0. The number of carbonyl (C=O) groups is 1. The topological polar surface area (TPSA) is 99.2 Å². The molecule has 2 N–H and O–H groups in total. The second kappa shape index (κ2) is 10.3. The van der Waals surface area contributed by atoms with E-state index in [9.17, 15) is 18.3 Å². The molecule has 0 radical (unpaired) electrons. The molecule has 3 rings (SSSR count). The number of carbonyl (C=O) groups excluding carboxylic acids is 1. The number of amides is 1. The number of anilines is 1. The minimum absolute atomic E-state index is 0.0154. The average molecular weight is 496 g/mol. The molecule has 0 saturated heterocycles. The van der Waals surface area contributed by atoms with Gasteiger partial charge in [-0.05, 0) is 63.5 Å². The minimum atomic E-state index is -3.88. The number of fused-ring (bicyclic) bond motifs is 1. The summed E-state index contributed by atoms with van der Waals surface area (Å²) in [6.07, 6.45) is -0.197. The Kier molecular flexibility index (Phi) is 7.89. The SMILES string of the molecule is C[C@@H]1CN([C@@H](C)CO)C(=O)c2cc(NS(=O)(=O)c3ccc(Cl)cc3)ccc2O[C@H]1CN(C)C. The number of hydrogen-bond acceptors (Lipinski definition) is 6. The zero-order valence-corrected chi connectivity index (χ0v) is 20.7. The Bertz CT molecular complexity index is 1090. The molecule has 0 unspecified atom stereocenters. The van der Waals surface area contributed by atoms with Crippen molar-refractivity contribution in [2.75, 3.05) is 38.5 Å². The third-order valence-corrected chi connectivity index (χ3v) is 7.24. The number of ether oxygens (including phenoxy) is 1. The van der Waals surface area contributed by atoms with Crippen LogP contribution in [-0.4, -0.2) is 75.2 Å². The van der Waals surface area contributed by atoms with E-state index in [4.69, 9.17) is 16.3 Å². The molecule has 8 nitrogen and oxygen atoms in total. The van der Waals surface area contributed by atoms with Crippen molar-refractivity contribution in [3.63, 3.8) is 0 Å². The van der Waals surface area contributed by atoms with Gasteiger partial charge in [-0.1, -0.05) is 18.5 Å². The van der Waals surface area contributed by atoms with Crippen LogP contribution in [0.5, 0.6) is 5.75 Å². The van der Waals surface area contributed by atoms with Gasteiger partial charge in [0.15, 0.2) is 0 Å². The van der Waals surface area contributed by atoms with Crippen molar-refractivity contribution in [1.29, 1.82) is 0 Å². The van der Waals surface area contributed by atoms with Crippen LogP contribution >= 0.6 is 11.6 Å². The summed E-state index contributed by atoms with van der Waals surface area (Å²) in [6.45, 7) is 4.65. The van der Waals surface area contributed by atoms with Gasteiger partial charge >= 0.3 is 0 Å². The van der Waals surface area contributed by atoms with Crippen LogP contribution in [0.4, 0.5) is 5.69 Å². The Labute approximate surface area is 200 Å². The predicted molar refractivity (Wildman–Crippen MR) is 128 cm³/mol. The molecule has 3 atom stereocenters. The molecule has 1 amide bonds. The van der Waals surface area contributed by atoms with E-state index in [0.29, 0.717) is 23.9 Å². The number of aliphatic hydroxyl groups excluding tert-OH is 1. The summed E-state index contributed by atoms with van der Waals surface area (Å²) in [7, 11) is 0.0147. The second-order valence-electron chi connectivity index (χ2n) is 8.66. The number of nitrogens with zero attached hydrogens (tertiary/aromatic N) is 2. The van der Waals surface area contributed by atoms with Crippen LogP contribution in [0.3, 0.4) is 0 Å². The molecule has 10 heteroatoms. The van der Waals surface area contributed by atoms with Crippen molar-refractivity contribution >= 4 is 33.2 Å². The van der Waals surface area contributed by atoms with Gasteiger partial charge in [0.2, 0.25) is 0 Å². The third-order valence-electron chi connectivity index (χ3n) is 5.59. The van der Waals surface area contributed by atoms with Gasteiger partial charge in [0.05, 0.1) is 23.1 Å². The Morgan fingerprint density at radius 1 is 1.24 bits per heavy atom. The van der Waals surface area contributed by atoms with Crippen molar-refractivity contribution in [3.8, 4) is 5.75 Å². The maximum absolute atomic E-state index is 13.4. The summed E-state index contributed by atoms with van der Waals surface area (Å²) >= 11 is 5.86. The first-order chi connectivity index (χ1) is 15.5. The summed E-state index contributed by atoms with van der Waals surface area (Å²) in [6, 6.07) is 10.1. The average Bonchev–Trinajstić information content (AvgIpc) is 2.76. The van der Waals surface area contributed by atoms with Crippen LogP contribution in [0.25, 0.3) is 0 Å². The Morgan fingerprint density at radius 2 is 1.91 bits per heavy atom. The molecule has 1 aliphatic rings. The fraction of sp³-hybridized carbons (Fsp3) is 0.435. The number of likely N-dealkylation sites (N-methyl/N-ethyl adjacent to an activating group) is 1. The molecule has 2 aromatic rings. The van der Waals surface area contributed by atoms with Gasteiger partial charge in [0.25, 0.3) is 15.9 Å². The summed E-state index contributed by atoms with van der Waals surface area (Å²) < 4.78 is 34.4. The number of aliphatic hydroxyl groups is 1. The van der Waals surface area contributed by atoms with E-state index >= 15 is 0 Å². The summed E-state index contributed by atoms with van der Waals surface area (Å²) in [5.74, 6) is 0.0683. The van der Waals surface area contributed by atoms with Crippen LogP contribution in [-0.2, 0) is 10.0 Å². The van der Waals surface area contributed by atoms with Crippen molar-refractivity contribution in [1.82, 2.24) is 9.80 Å². The first-order valence-corrected chi connectivity index (χ1v) is 12.5. The standard InChI is InChI=1S/C23H30ClN3O5S/c1-15-12-27(16(2)14-28)23(29)20-11-18(7-10-21(20)32-22(15)13-26(3)4)25-33(30,31)19-8-5-17(24)6-9-19/h5-11,15-16,22,25,28H,12-14H2,1-4H3/t15-,16+,22+/m1/s1. The lowest BCUT2D eigenvalue weighted by atomic mass is 9.99. The van der Waals surface area contributed by atoms with Gasteiger partial charge in [-0.3, -0.25) is 9.52 Å². The first-order valence-electron chi connectivity index (χ1n) is 10.7. The molecule has 180 valence electrons. The number of hydrogen-bond donors (Lipinski definition) is 2. The number of halogens is 1. The molecule has 33 heavy (non-hydrogen) atoms. The molecule has 0 bridgehead atoms. The lowest BCUT2D eigenvalue weighted by Gasteiger charge is -2.37. The Balaban J connectivity index is 2.00. The lowest BCUT2D eigenvalue weighted by Crippen LogP contribution is -2.49. The van der Waals surface area contributed by atoms with Crippen LogP contribution < -0.4 is 9.46 Å². The molecular weight excluding hydrogens is 466 g/mol. The van der Waals surface area contributed by atoms with Gasteiger partial charge in [-0.2, -0.15) is 0 Å². The number of rotatable bonds is 7. The van der Waals surface area contributed by atoms with E-state index in [-0.39, 0.29) is 40.7 Å². The van der Waals surface area contributed by atoms with Crippen LogP contribution in [0.1, 0.15) is 24.2 Å². The molecule has 1 heterocycles. The van der Waals surface area contributed by atoms with Gasteiger partial charge in [0, 0.05) is 29.7 Å². The van der Waals surface area contributed by atoms with Gasteiger partial charge in [0.1, 0.15) is 11.9 Å². The van der Waals surface area contributed by atoms with Gasteiger partial charge in [-0.25, -0.2) is 8.42 Å². The van der Waals surface area contributed by atoms with Crippen molar-refractivity contribution in [2.45, 2.75) is 30.9 Å². The molecule has 2 aromatic carbocycles. The number of sulfonamides is 1. The fourth-order valence-corrected chi connectivity index (χ4v) is 4.87.